The van der Waals surface area contributed by atoms with Gasteiger partial charge in [-0.25, -0.2) is 4.98 Å². The number of alkyl halides is 1. The summed E-state index contributed by atoms with van der Waals surface area (Å²) in [5, 5.41) is 3.31. The van der Waals surface area contributed by atoms with Crippen LogP contribution in [-0.4, -0.2) is 29.5 Å². The second-order valence-corrected chi connectivity index (χ2v) is 6.02. The second kappa shape index (κ2) is 6.72. The molecule has 0 N–H and O–H groups in total. The Kier molecular flexibility index (Phi) is 5.26. The quantitative estimate of drug-likeness (QED) is 0.762. The van der Waals surface area contributed by atoms with E-state index >= 15 is 0 Å². The number of aromatic nitrogens is 1. The Balaban J connectivity index is 1.72. The molecular weight excluding hydrogens is 252 g/mol. The molecule has 1 aliphatic heterocycles. The Hall–Kier alpha value is -0.120. The maximum atomic E-state index is 5.75. The standard InChI is InChI=1S/C13H21ClN2S/c1-2-11-3-6-16(7-4-11)8-5-13-15-12(9-14)10-17-13/h10-11H,2-9H2,1H3. The lowest BCUT2D eigenvalue weighted by Crippen LogP contribution is -2.34. The normalized spacial score (nSPS) is 18.7. The Morgan fingerprint density at radius 3 is 2.82 bits per heavy atom. The molecule has 0 amide bonds. The molecule has 2 rings (SSSR count). The van der Waals surface area contributed by atoms with Crippen molar-refractivity contribution in [3.63, 3.8) is 0 Å². The largest absolute Gasteiger partial charge is 0.303 e. The zero-order chi connectivity index (χ0) is 12.1. The van der Waals surface area contributed by atoms with Gasteiger partial charge in [0.05, 0.1) is 16.6 Å². The molecule has 1 fully saturated rings. The van der Waals surface area contributed by atoms with Gasteiger partial charge in [-0.1, -0.05) is 13.3 Å². The van der Waals surface area contributed by atoms with Gasteiger partial charge in [0.15, 0.2) is 0 Å². The number of nitrogens with zero attached hydrogens (tertiary/aromatic N) is 2. The van der Waals surface area contributed by atoms with Gasteiger partial charge < -0.3 is 4.90 Å². The van der Waals surface area contributed by atoms with Crippen molar-refractivity contribution in [2.24, 2.45) is 5.92 Å². The van der Waals surface area contributed by atoms with Crippen LogP contribution in [0.1, 0.15) is 36.9 Å². The van der Waals surface area contributed by atoms with Crippen molar-refractivity contribution in [3.05, 3.63) is 16.1 Å². The van der Waals surface area contributed by atoms with Gasteiger partial charge in [0.2, 0.25) is 0 Å². The molecule has 0 aliphatic carbocycles. The Labute approximate surface area is 113 Å². The highest BCUT2D eigenvalue weighted by atomic mass is 35.5. The molecule has 4 heteroatoms. The summed E-state index contributed by atoms with van der Waals surface area (Å²) in [6.45, 7) is 6.01. The molecule has 1 saturated heterocycles. The maximum Gasteiger partial charge on any atom is 0.0941 e. The van der Waals surface area contributed by atoms with Gasteiger partial charge in [-0.3, -0.25) is 0 Å². The van der Waals surface area contributed by atoms with E-state index in [1.807, 2.05) is 0 Å². The molecule has 0 radical (unpaired) electrons. The number of hydrogen-bond donors (Lipinski definition) is 0. The van der Waals surface area contributed by atoms with Gasteiger partial charge in [-0.15, -0.1) is 22.9 Å². The summed E-state index contributed by atoms with van der Waals surface area (Å²) < 4.78 is 0. The number of rotatable bonds is 5. The van der Waals surface area contributed by atoms with Gasteiger partial charge in [0.25, 0.3) is 0 Å². The van der Waals surface area contributed by atoms with Gasteiger partial charge in [-0.2, -0.15) is 0 Å². The minimum atomic E-state index is 0.540. The van der Waals surface area contributed by atoms with E-state index in [0.29, 0.717) is 5.88 Å². The highest BCUT2D eigenvalue weighted by Crippen LogP contribution is 2.20. The van der Waals surface area contributed by atoms with Crippen LogP contribution in [0.2, 0.25) is 0 Å². The molecule has 0 saturated carbocycles. The van der Waals surface area contributed by atoms with E-state index in [9.17, 15) is 0 Å². The predicted molar refractivity (Wildman–Crippen MR) is 74.8 cm³/mol. The zero-order valence-electron chi connectivity index (χ0n) is 10.5. The van der Waals surface area contributed by atoms with Crippen LogP contribution in [-0.2, 0) is 12.3 Å². The van der Waals surface area contributed by atoms with E-state index < -0.39 is 0 Å². The van der Waals surface area contributed by atoms with Gasteiger partial charge >= 0.3 is 0 Å². The summed E-state index contributed by atoms with van der Waals surface area (Å²) in [7, 11) is 0. The van der Waals surface area contributed by atoms with Crippen LogP contribution in [0.3, 0.4) is 0 Å². The first-order chi connectivity index (χ1) is 8.31. The minimum absolute atomic E-state index is 0.540. The second-order valence-electron chi connectivity index (χ2n) is 4.81. The first kappa shape index (κ1) is 13.3. The third-order valence-electron chi connectivity index (χ3n) is 3.66. The average Bonchev–Trinajstić information content (AvgIpc) is 2.85. The van der Waals surface area contributed by atoms with E-state index in [1.165, 1.54) is 37.4 Å². The Morgan fingerprint density at radius 1 is 1.47 bits per heavy atom. The molecular formula is C13H21ClN2S. The van der Waals surface area contributed by atoms with Crippen molar-refractivity contribution in [1.82, 2.24) is 9.88 Å². The topological polar surface area (TPSA) is 16.1 Å². The smallest absolute Gasteiger partial charge is 0.0941 e. The van der Waals surface area contributed by atoms with Crippen LogP contribution < -0.4 is 0 Å². The predicted octanol–water partition coefficient (Wildman–Crippen LogP) is 3.55. The summed E-state index contributed by atoms with van der Waals surface area (Å²) >= 11 is 7.50. The minimum Gasteiger partial charge on any atom is -0.303 e. The van der Waals surface area contributed by atoms with Gasteiger partial charge in [0, 0.05) is 18.3 Å². The Morgan fingerprint density at radius 2 is 2.24 bits per heavy atom. The molecule has 2 heterocycles. The van der Waals surface area contributed by atoms with E-state index in [1.54, 1.807) is 11.3 Å². The van der Waals surface area contributed by atoms with Crippen LogP contribution in [0.25, 0.3) is 0 Å². The number of halogens is 1. The van der Waals surface area contributed by atoms with E-state index in [2.05, 4.69) is 22.2 Å². The molecule has 2 nitrogen and oxygen atoms in total. The highest BCUT2D eigenvalue weighted by molar-refractivity contribution is 7.09. The number of thiazole rings is 1. The van der Waals surface area contributed by atoms with E-state index in [4.69, 9.17) is 11.6 Å². The van der Waals surface area contributed by atoms with Gasteiger partial charge in [-0.05, 0) is 31.8 Å². The monoisotopic (exact) mass is 272 g/mol. The molecule has 0 atom stereocenters. The van der Waals surface area contributed by atoms with E-state index in [0.717, 1.165) is 24.6 Å². The lowest BCUT2D eigenvalue weighted by atomic mass is 9.94. The Bertz CT molecular complexity index is 332. The first-order valence-electron chi connectivity index (χ1n) is 6.53. The molecule has 1 aromatic heterocycles. The summed E-state index contributed by atoms with van der Waals surface area (Å²) in [5.41, 5.74) is 1.02. The molecule has 17 heavy (non-hydrogen) atoms. The van der Waals surface area contributed by atoms with Crippen LogP contribution in [0.5, 0.6) is 0 Å². The van der Waals surface area contributed by atoms with Crippen molar-refractivity contribution >= 4 is 22.9 Å². The lowest BCUT2D eigenvalue weighted by Gasteiger charge is -2.31. The van der Waals surface area contributed by atoms with Crippen LogP contribution in [0.15, 0.2) is 5.38 Å². The summed E-state index contributed by atoms with van der Waals surface area (Å²) in [6, 6.07) is 0. The number of likely N-dealkylation sites (tertiary alicyclic amines) is 1. The first-order valence-corrected chi connectivity index (χ1v) is 7.94. The molecule has 0 spiro atoms. The van der Waals surface area contributed by atoms with Crippen molar-refractivity contribution in [2.45, 2.75) is 38.5 Å². The van der Waals surface area contributed by atoms with Crippen molar-refractivity contribution in [3.8, 4) is 0 Å². The third-order valence-corrected chi connectivity index (χ3v) is 4.89. The van der Waals surface area contributed by atoms with Crippen LogP contribution in [0, 0.1) is 5.92 Å². The van der Waals surface area contributed by atoms with Gasteiger partial charge in [0.1, 0.15) is 0 Å². The number of hydrogen-bond acceptors (Lipinski definition) is 3. The SMILES string of the molecule is CCC1CCN(CCc2nc(CCl)cs2)CC1. The number of piperidine rings is 1. The molecule has 0 bridgehead atoms. The lowest BCUT2D eigenvalue weighted by molar-refractivity contribution is 0.183. The fourth-order valence-corrected chi connectivity index (χ4v) is 3.41. The van der Waals surface area contributed by atoms with Crippen LogP contribution in [0.4, 0.5) is 0 Å². The average molecular weight is 273 g/mol. The zero-order valence-corrected chi connectivity index (χ0v) is 12.1. The summed E-state index contributed by atoms with van der Waals surface area (Å²) in [5.74, 6) is 1.51. The van der Waals surface area contributed by atoms with Crippen LogP contribution >= 0.6 is 22.9 Å². The van der Waals surface area contributed by atoms with Crippen molar-refractivity contribution < 1.29 is 0 Å². The molecule has 1 aromatic rings. The highest BCUT2D eigenvalue weighted by Gasteiger charge is 2.17. The molecule has 0 aromatic carbocycles. The third kappa shape index (κ3) is 3.94. The maximum absolute atomic E-state index is 5.75. The summed E-state index contributed by atoms with van der Waals surface area (Å²) in [4.78, 5) is 7.08. The summed E-state index contributed by atoms with van der Waals surface area (Å²) in [6.07, 6.45) is 5.18. The fraction of sp³-hybridized carbons (Fsp3) is 0.769. The molecule has 1 aliphatic rings. The molecule has 96 valence electrons. The fourth-order valence-electron chi connectivity index (χ4n) is 2.40. The molecule has 0 unspecified atom stereocenters. The van der Waals surface area contributed by atoms with E-state index in [-0.39, 0.29) is 0 Å². The van der Waals surface area contributed by atoms with Crippen molar-refractivity contribution in [2.75, 3.05) is 19.6 Å². The van der Waals surface area contributed by atoms with Crippen molar-refractivity contribution in [1.29, 1.82) is 0 Å².